The fourth-order valence-corrected chi connectivity index (χ4v) is 4.18. The zero-order chi connectivity index (χ0) is 19.7. The van der Waals surface area contributed by atoms with E-state index in [9.17, 15) is 9.18 Å². The maximum atomic E-state index is 13.6. The van der Waals surface area contributed by atoms with E-state index in [2.05, 4.69) is 20.0 Å². The summed E-state index contributed by atoms with van der Waals surface area (Å²) < 4.78 is 13.6. The molecule has 0 unspecified atom stereocenters. The summed E-state index contributed by atoms with van der Waals surface area (Å²) in [7, 11) is 0. The lowest BCUT2D eigenvalue weighted by Gasteiger charge is -2.20. The van der Waals surface area contributed by atoms with Gasteiger partial charge in [0.15, 0.2) is 0 Å². The van der Waals surface area contributed by atoms with E-state index in [1.165, 1.54) is 4.90 Å². The Morgan fingerprint density at radius 3 is 3.11 bits per heavy atom. The number of nitrogens with one attached hydrogen (secondary N) is 1. The first-order valence-electron chi connectivity index (χ1n) is 9.40. The van der Waals surface area contributed by atoms with Crippen LogP contribution in [0.3, 0.4) is 0 Å². The first kappa shape index (κ1) is 18.9. The quantitative estimate of drug-likeness (QED) is 0.853. The van der Waals surface area contributed by atoms with Gasteiger partial charge in [-0.05, 0) is 24.6 Å². The van der Waals surface area contributed by atoms with Crippen LogP contribution in [0.1, 0.15) is 12.8 Å². The van der Waals surface area contributed by atoms with Crippen LogP contribution in [0.25, 0.3) is 15.7 Å². The molecule has 3 heterocycles. The maximum absolute atomic E-state index is 13.6. The molecule has 2 saturated heterocycles. The van der Waals surface area contributed by atoms with Gasteiger partial charge in [0.25, 0.3) is 6.57 Å². The topological polar surface area (TPSA) is 52.8 Å². The van der Waals surface area contributed by atoms with Gasteiger partial charge in [0, 0.05) is 36.4 Å². The Hall–Kier alpha value is -2.43. The smallest absolute Gasteiger partial charge is 0.352 e. The fraction of sp³-hybridized carbons (Fsp3) is 0.450. The highest BCUT2D eigenvalue weighted by Gasteiger charge is 2.42. The first-order valence-corrected chi connectivity index (χ1v) is 9.78. The van der Waals surface area contributed by atoms with Crippen LogP contribution in [0.5, 0.6) is 0 Å². The van der Waals surface area contributed by atoms with Crippen molar-refractivity contribution in [1.29, 1.82) is 0 Å². The number of anilines is 1. The van der Waals surface area contributed by atoms with E-state index in [4.69, 9.17) is 18.2 Å². The van der Waals surface area contributed by atoms with Gasteiger partial charge >= 0.3 is 6.17 Å². The largest absolute Gasteiger partial charge is 0.380 e. The van der Waals surface area contributed by atoms with Crippen LogP contribution in [0.4, 0.5) is 10.1 Å². The van der Waals surface area contributed by atoms with Crippen LogP contribution < -0.4 is 5.32 Å². The van der Waals surface area contributed by atoms with Gasteiger partial charge in [-0.3, -0.25) is 19.6 Å². The van der Waals surface area contributed by atoms with Gasteiger partial charge in [-0.25, -0.2) is 4.39 Å². The molecular formula is C20H22ClFN5O+. The van der Waals surface area contributed by atoms with E-state index in [1.807, 2.05) is 24.3 Å². The number of aromatic nitrogens is 1. The van der Waals surface area contributed by atoms with Crippen molar-refractivity contribution in [3.05, 3.63) is 40.3 Å². The Labute approximate surface area is 168 Å². The Bertz CT molecular complexity index is 932. The van der Waals surface area contributed by atoms with Crippen molar-refractivity contribution < 1.29 is 9.18 Å². The molecule has 2 aromatic rings. The molecule has 2 aliphatic heterocycles. The van der Waals surface area contributed by atoms with Crippen LogP contribution in [-0.2, 0) is 4.79 Å². The van der Waals surface area contributed by atoms with E-state index in [0.29, 0.717) is 5.02 Å². The van der Waals surface area contributed by atoms with E-state index in [1.54, 1.807) is 6.20 Å². The molecule has 4 rings (SSSR count). The Morgan fingerprint density at radius 1 is 1.43 bits per heavy atom. The molecule has 146 valence electrons. The predicted molar refractivity (Wildman–Crippen MR) is 109 cm³/mol. The summed E-state index contributed by atoms with van der Waals surface area (Å²) >= 11 is 6.10. The SMILES string of the molecule is C#[N+][C@@H]1C[C@H](F)CN1C(=O)CN1CC[C@@H](Nc2cccc3ncc(Cl)cc23)C1. The summed E-state index contributed by atoms with van der Waals surface area (Å²) in [5.41, 5.74) is 1.86. The van der Waals surface area contributed by atoms with Crippen molar-refractivity contribution in [2.75, 3.05) is 31.5 Å². The van der Waals surface area contributed by atoms with Crippen molar-refractivity contribution in [3.63, 3.8) is 0 Å². The van der Waals surface area contributed by atoms with Crippen molar-refractivity contribution >= 4 is 34.1 Å². The number of carbonyl (C=O) groups excluding carboxylic acids is 1. The number of nitrogens with zero attached hydrogens (tertiary/aromatic N) is 4. The zero-order valence-electron chi connectivity index (χ0n) is 15.4. The highest BCUT2D eigenvalue weighted by molar-refractivity contribution is 6.31. The number of benzene rings is 1. The third kappa shape index (κ3) is 3.89. The van der Waals surface area contributed by atoms with Gasteiger partial charge in [0.2, 0.25) is 5.91 Å². The van der Waals surface area contributed by atoms with E-state index >= 15 is 0 Å². The molecule has 1 N–H and O–H groups in total. The molecule has 8 heteroatoms. The summed E-state index contributed by atoms with van der Waals surface area (Å²) in [6.07, 6.45) is 1.13. The summed E-state index contributed by atoms with van der Waals surface area (Å²) in [5, 5.41) is 5.12. The molecule has 1 aromatic carbocycles. The van der Waals surface area contributed by atoms with Crippen LogP contribution >= 0.6 is 11.6 Å². The third-order valence-electron chi connectivity index (χ3n) is 5.40. The van der Waals surface area contributed by atoms with Gasteiger partial charge in [0.1, 0.15) is 6.17 Å². The number of alkyl halides is 1. The molecule has 2 fully saturated rings. The molecule has 0 radical (unpaired) electrons. The third-order valence-corrected chi connectivity index (χ3v) is 5.60. The number of hydrogen-bond donors (Lipinski definition) is 1. The van der Waals surface area contributed by atoms with Crippen molar-refractivity contribution in [3.8, 4) is 6.57 Å². The average Bonchev–Trinajstić information content (AvgIpc) is 3.28. The molecule has 2 aliphatic rings. The maximum Gasteiger partial charge on any atom is 0.352 e. The Morgan fingerprint density at radius 2 is 2.29 bits per heavy atom. The second-order valence-electron chi connectivity index (χ2n) is 7.40. The van der Waals surface area contributed by atoms with Crippen molar-refractivity contribution in [2.45, 2.75) is 31.2 Å². The monoisotopic (exact) mass is 402 g/mol. The number of amides is 1. The molecule has 0 aliphatic carbocycles. The standard InChI is InChI=1S/C20H22ClFN5O/c1-23-19-8-14(22)10-27(19)20(28)12-26-6-5-15(11-26)25-18-4-2-3-17-16(18)7-13(21)9-24-17/h1-4,7,9,14-15,19,25H,5-6,8,10-12H2/q+1/t14-,15+,19-/m0/s1. The van der Waals surface area contributed by atoms with Gasteiger partial charge in [0.05, 0.1) is 30.0 Å². The summed E-state index contributed by atoms with van der Waals surface area (Å²) in [6, 6.07) is 8.02. The van der Waals surface area contributed by atoms with Crippen LogP contribution in [0, 0.1) is 6.57 Å². The summed E-state index contributed by atoms with van der Waals surface area (Å²) in [5.74, 6) is -0.124. The van der Waals surface area contributed by atoms with Crippen molar-refractivity contribution in [2.24, 2.45) is 0 Å². The van der Waals surface area contributed by atoms with Crippen LogP contribution in [0.2, 0.25) is 5.02 Å². The molecule has 1 aromatic heterocycles. The molecule has 1 amide bonds. The Kier molecular flexibility index (Phi) is 5.33. The van der Waals surface area contributed by atoms with Gasteiger partial charge in [-0.2, -0.15) is 0 Å². The number of carbonyl (C=O) groups is 1. The normalized spacial score (nSPS) is 25.2. The minimum Gasteiger partial charge on any atom is -0.380 e. The molecule has 0 bridgehead atoms. The molecule has 6 nitrogen and oxygen atoms in total. The minimum absolute atomic E-state index is 0.0729. The van der Waals surface area contributed by atoms with Crippen molar-refractivity contribution in [1.82, 2.24) is 14.8 Å². The number of likely N-dealkylation sites (tertiary alicyclic amines) is 2. The molecular weight excluding hydrogens is 381 g/mol. The number of pyridine rings is 1. The highest BCUT2D eigenvalue weighted by atomic mass is 35.5. The van der Waals surface area contributed by atoms with Gasteiger partial charge in [-0.1, -0.05) is 22.5 Å². The van der Waals surface area contributed by atoms with Crippen LogP contribution in [0.15, 0.2) is 30.5 Å². The van der Waals surface area contributed by atoms with Gasteiger partial charge < -0.3 is 5.32 Å². The fourth-order valence-electron chi connectivity index (χ4n) is 4.02. The summed E-state index contributed by atoms with van der Waals surface area (Å²) in [6.45, 7) is 7.17. The number of fused-ring (bicyclic) bond motifs is 1. The molecule has 0 spiro atoms. The molecule has 28 heavy (non-hydrogen) atoms. The van der Waals surface area contributed by atoms with E-state index in [0.717, 1.165) is 36.1 Å². The lowest BCUT2D eigenvalue weighted by molar-refractivity contribution is -0.132. The predicted octanol–water partition coefficient (Wildman–Crippen LogP) is 3.23. The lowest BCUT2D eigenvalue weighted by Crippen LogP contribution is -2.42. The number of hydrogen-bond acceptors (Lipinski definition) is 4. The molecule has 0 saturated carbocycles. The highest BCUT2D eigenvalue weighted by Crippen LogP contribution is 2.27. The number of halogens is 2. The zero-order valence-corrected chi connectivity index (χ0v) is 16.1. The second-order valence-corrected chi connectivity index (χ2v) is 7.84. The van der Waals surface area contributed by atoms with E-state index in [-0.39, 0.29) is 31.5 Å². The number of rotatable bonds is 4. The first-order chi connectivity index (χ1) is 13.5. The van der Waals surface area contributed by atoms with Gasteiger partial charge in [-0.15, -0.1) is 0 Å². The lowest BCUT2D eigenvalue weighted by atomic mass is 10.1. The molecule has 3 atom stereocenters. The Balaban J connectivity index is 1.38. The summed E-state index contributed by atoms with van der Waals surface area (Å²) in [4.78, 5) is 24.1. The van der Waals surface area contributed by atoms with Crippen LogP contribution in [-0.4, -0.2) is 65.2 Å². The minimum atomic E-state index is -1.05. The second kappa shape index (κ2) is 7.90. The average molecular weight is 403 g/mol. The van der Waals surface area contributed by atoms with E-state index < -0.39 is 12.3 Å².